The van der Waals surface area contributed by atoms with E-state index in [-0.39, 0.29) is 10.8 Å². The molecule has 0 spiro atoms. The molecule has 2 aromatic carbocycles. The normalized spacial score (nSPS) is 19.1. The van der Waals surface area contributed by atoms with Crippen molar-refractivity contribution in [1.82, 2.24) is 0 Å². The zero-order chi connectivity index (χ0) is 21.8. The highest BCUT2D eigenvalue weighted by Crippen LogP contribution is 2.42. The molecule has 0 unspecified atom stereocenters. The van der Waals surface area contributed by atoms with Crippen molar-refractivity contribution in [3.05, 3.63) is 67.6 Å². The minimum atomic E-state index is -0.311. The lowest BCUT2D eigenvalue weighted by atomic mass is 9.80. The van der Waals surface area contributed by atoms with Gasteiger partial charge in [0.25, 0.3) is 0 Å². The van der Waals surface area contributed by atoms with Crippen LogP contribution in [0.5, 0.6) is 0 Å². The van der Waals surface area contributed by atoms with Crippen molar-refractivity contribution in [2.45, 2.75) is 62.2 Å². The van der Waals surface area contributed by atoms with Crippen LogP contribution in [0.2, 0.25) is 20.1 Å². The van der Waals surface area contributed by atoms with Gasteiger partial charge in [-0.3, -0.25) is 0 Å². The highest BCUT2D eigenvalue weighted by molar-refractivity contribution is 6.42. The SMILES string of the molecule is O=CC1(c2ccc(Cl)c(Cl)c2)CCCC1.O=CC1(c2ccc(Cl)c(Cl)c2)CCCC1. The van der Waals surface area contributed by atoms with E-state index in [1.54, 1.807) is 12.1 Å². The molecule has 0 aliphatic heterocycles. The molecule has 2 nitrogen and oxygen atoms in total. The maximum absolute atomic E-state index is 11.2. The molecule has 6 heteroatoms. The van der Waals surface area contributed by atoms with E-state index in [1.807, 2.05) is 24.3 Å². The van der Waals surface area contributed by atoms with Gasteiger partial charge in [-0.05, 0) is 61.1 Å². The van der Waals surface area contributed by atoms with Gasteiger partial charge in [0.2, 0.25) is 0 Å². The first-order chi connectivity index (χ1) is 14.4. The lowest BCUT2D eigenvalue weighted by Gasteiger charge is -2.22. The molecule has 0 saturated heterocycles. The third-order valence-electron chi connectivity index (χ3n) is 6.43. The van der Waals surface area contributed by atoms with Gasteiger partial charge in [-0.15, -0.1) is 0 Å². The van der Waals surface area contributed by atoms with Crippen molar-refractivity contribution in [2.75, 3.05) is 0 Å². The Morgan fingerprint density at radius 1 is 0.567 bits per heavy atom. The van der Waals surface area contributed by atoms with E-state index in [4.69, 9.17) is 46.4 Å². The second-order valence-corrected chi connectivity index (χ2v) is 9.85. The topological polar surface area (TPSA) is 34.1 Å². The fraction of sp³-hybridized carbons (Fsp3) is 0.417. The lowest BCUT2D eigenvalue weighted by Crippen LogP contribution is -2.23. The minimum Gasteiger partial charge on any atom is -0.302 e. The number of rotatable bonds is 4. The fourth-order valence-electron chi connectivity index (χ4n) is 4.57. The first-order valence-electron chi connectivity index (χ1n) is 10.2. The Morgan fingerprint density at radius 2 is 0.900 bits per heavy atom. The average Bonchev–Trinajstić information content (AvgIpc) is 3.43. The first kappa shape index (κ1) is 23.6. The summed E-state index contributed by atoms with van der Waals surface area (Å²) in [6.07, 6.45) is 10.3. The van der Waals surface area contributed by atoms with E-state index in [0.29, 0.717) is 20.1 Å². The molecule has 0 atom stereocenters. The Kier molecular flexibility index (Phi) is 7.90. The monoisotopic (exact) mass is 484 g/mol. The molecule has 160 valence electrons. The quantitative estimate of drug-likeness (QED) is 0.411. The van der Waals surface area contributed by atoms with Gasteiger partial charge in [0.1, 0.15) is 12.6 Å². The minimum absolute atomic E-state index is 0.311. The highest BCUT2D eigenvalue weighted by Gasteiger charge is 2.36. The third-order valence-corrected chi connectivity index (χ3v) is 7.91. The molecule has 0 radical (unpaired) electrons. The van der Waals surface area contributed by atoms with E-state index >= 15 is 0 Å². The van der Waals surface area contributed by atoms with Crippen LogP contribution < -0.4 is 0 Å². The van der Waals surface area contributed by atoms with Crippen molar-refractivity contribution < 1.29 is 9.59 Å². The summed E-state index contributed by atoms with van der Waals surface area (Å²) in [5.74, 6) is 0. The molecule has 0 aromatic heterocycles. The molecule has 0 amide bonds. The van der Waals surface area contributed by atoms with Gasteiger partial charge in [0.05, 0.1) is 30.9 Å². The second-order valence-electron chi connectivity index (χ2n) is 8.22. The van der Waals surface area contributed by atoms with Crippen LogP contribution in [-0.4, -0.2) is 12.6 Å². The standard InChI is InChI=1S/2C12H12Cl2O/c2*13-10-4-3-9(7-11(10)14)12(8-15)5-1-2-6-12/h2*3-4,7-8H,1-2,5-6H2. The Morgan fingerprint density at radius 3 is 1.17 bits per heavy atom. The molecular weight excluding hydrogens is 462 g/mol. The predicted molar refractivity (Wildman–Crippen MR) is 125 cm³/mol. The first-order valence-corrected chi connectivity index (χ1v) is 11.7. The zero-order valence-electron chi connectivity index (χ0n) is 16.6. The molecule has 2 fully saturated rings. The van der Waals surface area contributed by atoms with Gasteiger partial charge >= 0.3 is 0 Å². The number of hydrogen-bond acceptors (Lipinski definition) is 2. The van der Waals surface area contributed by atoms with Crippen molar-refractivity contribution in [2.24, 2.45) is 0 Å². The van der Waals surface area contributed by atoms with Crippen LogP contribution in [0, 0.1) is 0 Å². The van der Waals surface area contributed by atoms with Gasteiger partial charge in [0.15, 0.2) is 0 Å². The lowest BCUT2D eigenvalue weighted by molar-refractivity contribution is -0.113. The summed E-state index contributed by atoms with van der Waals surface area (Å²) in [5.41, 5.74) is 1.39. The molecule has 30 heavy (non-hydrogen) atoms. The summed E-state index contributed by atoms with van der Waals surface area (Å²) >= 11 is 23.6. The van der Waals surface area contributed by atoms with E-state index in [9.17, 15) is 9.59 Å². The van der Waals surface area contributed by atoms with E-state index < -0.39 is 0 Å². The summed E-state index contributed by atoms with van der Waals surface area (Å²) in [4.78, 5) is 22.5. The Balaban J connectivity index is 0.000000171. The van der Waals surface area contributed by atoms with Gasteiger partial charge in [-0.1, -0.05) is 84.2 Å². The van der Waals surface area contributed by atoms with Gasteiger partial charge in [-0.25, -0.2) is 0 Å². The van der Waals surface area contributed by atoms with Crippen LogP contribution in [0.4, 0.5) is 0 Å². The maximum atomic E-state index is 11.2. The zero-order valence-corrected chi connectivity index (χ0v) is 19.6. The Bertz CT molecular complexity index is 838. The maximum Gasteiger partial charge on any atom is 0.130 e. The number of halogens is 4. The summed E-state index contributed by atoms with van der Waals surface area (Å²) in [6.45, 7) is 0. The Hall–Kier alpha value is -1.06. The molecule has 0 heterocycles. The van der Waals surface area contributed by atoms with Crippen LogP contribution in [0.15, 0.2) is 36.4 Å². The van der Waals surface area contributed by atoms with Gasteiger partial charge < -0.3 is 9.59 Å². The summed E-state index contributed by atoms with van der Waals surface area (Å²) < 4.78 is 0. The van der Waals surface area contributed by atoms with E-state index in [2.05, 4.69) is 0 Å². The van der Waals surface area contributed by atoms with Crippen LogP contribution in [-0.2, 0) is 20.4 Å². The van der Waals surface area contributed by atoms with Crippen molar-refractivity contribution in [3.63, 3.8) is 0 Å². The largest absolute Gasteiger partial charge is 0.302 e. The van der Waals surface area contributed by atoms with Crippen molar-refractivity contribution >= 4 is 59.0 Å². The van der Waals surface area contributed by atoms with Crippen molar-refractivity contribution in [3.8, 4) is 0 Å². The summed E-state index contributed by atoms with van der Waals surface area (Å²) in [5, 5.41) is 2.14. The summed E-state index contributed by atoms with van der Waals surface area (Å²) in [7, 11) is 0. The third kappa shape index (κ3) is 4.88. The molecule has 2 aromatic rings. The fourth-order valence-corrected chi connectivity index (χ4v) is 5.17. The number of carbonyl (C=O) groups is 2. The average molecular weight is 486 g/mol. The predicted octanol–water partition coefficient (Wildman–Crippen LogP) is 8.01. The number of benzene rings is 2. The second kappa shape index (κ2) is 10.0. The van der Waals surface area contributed by atoms with Gasteiger partial charge in [0, 0.05) is 0 Å². The smallest absolute Gasteiger partial charge is 0.130 e. The highest BCUT2D eigenvalue weighted by atomic mass is 35.5. The molecule has 2 saturated carbocycles. The molecule has 0 N–H and O–H groups in total. The molecule has 4 rings (SSSR count). The molecule has 2 aliphatic carbocycles. The van der Waals surface area contributed by atoms with E-state index in [0.717, 1.165) is 75.1 Å². The number of aldehydes is 2. The van der Waals surface area contributed by atoms with E-state index in [1.165, 1.54) is 0 Å². The number of carbonyl (C=O) groups excluding carboxylic acids is 2. The Labute approximate surface area is 197 Å². The van der Waals surface area contributed by atoms with Crippen LogP contribution in [0.1, 0.15) is 62.5 Å². The number of hydrogen-bond donors (Lipinski definition) is 0. The van der Waals surface area contributed by atoms with Gasteiger partial charge in [-0.2, -0.15) is 0 Å². The van der Waals surface area contributed by atoms with Crippen LogP contribution in [0.3, 0.4) is 0 Å². The van der Waals surface area contributed by atoms with Crippen molar-refractivity contribution in [1.29, 1.82) is 0 Å². The van der Waals surface area contributed by atoms with Crippen LogP contribution >= 0.6 is 46.4 Å². The summed E-state index contributed by atoms with van der Waals surface area (Å²) in [6, 6.07) is 11.0. The molecule has 2 aliphatic rings. The molecule has 0 bridgehead atoms. The molecular formula is C24H24Cl4O2. The van der Waals surface area contributed by atoms with Crippen LogP contribution in [0.25, 0.3) is 0 Å².